The van der Waals surface area contributed by atoms with Crippen molar-refractivity contribution in [1.29, 1.82) is 5.41 Å². The van der Waals surface area contributed by atoms with Gasteiger partial charge in [0.25, 0.3) is 11.8 Å². The van der Waals surface area contributed by atoms with Crippen LogP contribution >= 0.6 is 23.2 Å². The molecule has 168 valence electrons. The standard InChI is InChI=1S/C21H27Cl2N5O3/c1-12(2)10-17(29)28-8-6-13(7-9-28)26-21(31)19(25)16(11-24)27-20(30)18-14(22)4-3-5-15(18)23/h3-5,11-13,24H,6-10,25H2,1-2H3,(H,26,31)(H,27,30)/b19-16+,24-11?. The van der Waals surface area contributed by atoms with E-state index >= 15 is 0 Å². The van der Waals surface area contributed by atoms with Gasteiger partial charge in [-0.05, 0) is 30.9 Å². The van der Waals surface area contributed by atoms with E-state index in [1.807, 2.05) is 13.8 Å². The molecule has 0 atom stereocenters. The molecular formula is C21H27Cl2N5O3. The van der Waals surface area contributed by atoms with Crippen LogP contribution in [-0.2, 0) is 9.59 Å². The lowest BCUT2D eigenvalue weighted by atomic mass is 10.0. The monoisotopic (exact) mass is 467 g/mol. The molecule has 0 spiro atoms. The fraction of sp³-hybridized carbons (Fsp3) is 0.429. The normalized spacial score (nSPS) is 15.3. The molecule has 1 aromatic carbocycles. The minimum Gasteiger partial charge on any atom is -0.393 e. The number of benzene rings is 1. The number of hydrogen-bond donors (Lipinski definition) is 4. The maximum atomic E-state index is 12.5. The fourth-order valence-corrected chi connectivity index (χ4v) is 3.79. The molecule has 0 saturated carbocycles. The molecule has 3 amide bonds. The molecule has 1 heterocycles. The Morgan fingerprint density at radius 1 is 1.23 bits per heavy atom. The summed E-state index contributed by atoms with van der Waals surface area (Å²) < 4.78 is 0. The molecule has 0 unspecified atom stereocenters. The molecule has 1 aliphatic heterocycles. The second-order valence-electron chi connectivity index (χ2n) is 7.75. The van der Waals surface area contributed by atoms with E-state index in [1.165, 1.54) is 12.1 Å². The molecule has 0 aromatic heterocycles. The Morgan fingerprint density at radius 3 is 2.32 bits per heavy atom. The molecule has 0 aliphatic carbocycles. The van der Waals surface area contributed by atoms with E-state index < -0.39 is 11.8 Å². The average molecular weight is 468 g/mol. The summed E-state index contributed by atoms with van der Waals surface area (Å²) in [4.78, 5) is 39.0. The molecule has 1 aliphatic rings. The Hall–Kier alpha value is -2.58. The summed E-state index contributed by atoms with van der Waals surface area (Å²) in [5, 5.41) is 13.0. The third-order valence-electron chi connectivity index (χ3n) is 4.88. The summed E-state index contributed by atoms with van der Waals surface area (Å²) in [6, 6.07) is 4.45. The van der Waals surface area contributed by atoms with Crippen molar-refractivity contribution >= 4 is 47.1 Å². The number of amides is 3. The molecule has 1 saturated heterocycles. The number of carbonyl (C=O) groups excluding carboxylic acids is 3. The van der Waals surface area contributed by atoms with Gasteiger partial charge in [-0.15, -0.1) is 0 Å². The Morgan fingerprint density at radius 2 is 1.81 bits per heavy atom. The van der Waals surface area contributed by atoms with Gasteiger partial charge in [0, 0.05) is 31.8 Å². The highest BCUT2D eigenvalue weighted by molar-refractivity contribution is 6.39. The number of nitrogens with zero attached hydrogens (tertiary/aromatic N) is 1. The average Bonchev–Trinajstić information content (AvgIpc) is 2.71. The zero-order valence-electron chi connectivity index (χ0n) is 17.5. The molecule has 10 heteroatoms. The van der Waals surface area contributed by atoms with Gasteiger partial charge in [0.2, 0.25) is 5.91 Å². The van der Waals surface area contributed by atoms with Crippen LogP contribution in [0.25, 0.3) is 0 Å². The quantitative estimate of drug-likeness (QED) is 0.362. The summed E-state index contributed by atoms with van der Waals surface area (Å²) in [6.07, 6.45) is 2.49. The summed E-state index contributed by atoms with van der Waals surface area (Å²) >= 11 is 12.1. The van der Waals surface area contributed by atoms with E-state index in [0.717, 1.165) is 6.21 Å². The number of nitrogens with two attached hydrogens (primary N) is 1. The maximum absolute atomic E-state index is 12.5. The molecule has 31 heavy (non-hydrogen) atoms. The summed E-state index contributed by atoms with van der Waals surface area (Å²) in [7, 11) is 0. The van der Waals surface area contributed by atoms with Crippen LogP contribution in [0.3, 0.4) is 0 Å². The van der Waals surface area contributed by atoms with E-state index in [-0.39, 0.29) is 39.0 Å². The minimum atomic E-state index is -0.679. The van der Waals surface area contributed by atoms with Crippen LogP contribution in [0.5, 0.6) is 0 Å². The fourth-order valence-electron chi connectivity index (χ4n) is 3.22. The number of hydrogen-bond acceptors (Lipinski definition) is 5. The number of carbonyl (C=O) groups is 3. The lowest BCUT2D eigenvalue weighted by Crippen LogP contribution is -2.48. The molecule has 5 N–H and O–H groups in total. The summed E-state index contributed by atoms with van der Waals surface area (Å²) in [5.74, 6) is -0.866. The predicted octanol–water partition coefficient (Wildman–Crippen LogP) is 2.70. The van der Waals surface area contributed by atoms with Gasteiger partial charge in [0.1, 0.15) is 5.70 Å². The number of halogens is 2. The number of rotatable bonds is 7. The van der Waals surface area contributed by atoms with Crippen molar-refractivity contribution in [3.05, 3.63) is 45.2 Å². The highest BCUT2D eigenvalue weighted by atomic mass is 35.5. The second-order valence-corrected chi connectivity index (χ2v) is 8.56. The molecule has 8 nitrogen and oxygen atoms in total. The van der Waals surface area contributed by atoms with Crippen LogP contribution in [0.2, 0.25) is 10.0 Å². The van der Waals surface area contributed by atoms with E-state index in [9.17, 15) is 14.4 Å². The third kappa shape index (κ3) is 6.70. The Kier molecular flexibility index (Phi) is 8.88. The van der Waals surface area contributed by atoms with Gasteiger partial charge in [-0.25, -0.2) is 0 Å². The van der Waals surface area contributed by atoms with Crippen LogP contribution < -0.4 is 16.4 Å². The highest BCUT2D eigenvalue weighted by Crippen LogP contribution is 2.24. The molecule has 1 aromatic rings. The van der Waals surface area contributed by atoms with Crippen LogP contribution in [0, 0.1) is 11.3 Å². The lowest BCUT2D eigenvalue weighted by molar-refractivity contribution is -0.133. The van der Waals surface area contributed by atoms with Crippen molar-refractivity contribution < 1.29 is 14.4 Å². The minimum absolute atomic E-state index is 0.0248. The number of nitrogens with one attached hydrogen (secondary N) is 3. The highest BCUT2D eigenvalue weighted by Gasteiger charge is 2.25. The number of likely N-dealkylation sites (tertiary alicyclic amines) is 1. The first-order chi connectivity index (χ1) is 14.6. The molecular weight excluding hydrogens is 441 g/mol. The first kappa shape index (κ1) is 24.7. The lowest BCUT2D eigenvalue weighted by Gasteiger charge is -2.33. The van der Waals surface area contributed by atoms with Gasteiger partial charge in [0.15, 0.2) is 0 Å². The van der Waals surface area contributed by atoms with Gasteiger partial charge in [-0.3, -0.25) is 14.4 Å². The van der Waals surface area contributed by atoms with Crippen molar-refractivity contribution in [1.82, 2.24) is 15.5 Å². The van der Waals surface area contributed by atoms with Crippen molar-refractivity contribution in [3.8, 4) is 0 Å². The third-order valence-corrected chi connectivity index (χ3v) is 5.51. The van der Waals surface area contributed by atoms with Gasteiger partial charge in [-0.2, -0.15) is 0 Å². The van der Waals surface area contributed by atoms with Crippen molar-refractivity contribution in [3.63, 3.8) is 0 Å². The molecule has 1 fully saturated rings. The topological polar surface area (TPSA) is 128 Å². The van der Waals surface area contributed by atoms with E-state index in [2.05, 4.69) is 10.6 Å². The number of piperidine rings is 1. The van der Waals surface area contributed by atoms with Gasteiger partial charge in [0.05, 0.1) is 21.3 Å². The van der Waals surface area contributed by atoms with E-state index in [0.29, 0.717) is 38.3 Å². The Balaban J connectivity index is 1.99. The van der Waals surface area contributed by atoms with Crippen molar-refractivity contribution in [2.24, 2.45) is 11.7 Å². The first-order valence-corrected chi connectivity index (χ1v) is 10.7. The first-order valence-electron chi connectivity index (χ1n) is 9.98. The van der Waals surface area contributed by atoms with Crippen LogP contribution in [-0.4, -0.2) is 48.0 Å². The van der Waals surface area contributed by atoms with Crippen LogP contribution in [0.4, 0.5) is 0 Å². The SMILES string of the molecule is CC(C)CC(=O)N1CCC(NC(=O)/C(N)=C(/C=N)NC(=O)c2c(Cl)cccc2Cl)CC1. The molecule has 0 bridgehead atoms. The zero-order chi connectivity index (χ0) is 23.1. The largest absolute Gasteiger partial charge is 0.393 e. The smallest absolute Gasteiger partial charge is 0.269 e. The van der Waals surface area contributed by atoms with Crippen molar-refractivity contribution in [2.45, 2.75) is 39.2 Å². The van der Waals surface area contributed by atoms with Gasteiger partial charge in [-0.1, -0.05) is 43.1 Å². The second kappa shape index (κ2) is 11.2. The zero-order valence-corrected chi connectivity index (χ0v) is 19.0. The summed E-state index contributed by atoms with van der Waals surface area (Å²) in [5.41, 5.74) is 5.45. The molecule has 2 rings (SSSR count). The van der Waals surface area contributed by atoms with Crippen LogP contribution in [0.15, 0.2) is 29.6 Å². The number of allylic oxidation sites excluding steroid dienone is 1. The molecule has 0 radical (unpaired) electrons. The van der Waals surface area contributed by atoms with Crippen LogP contribution in [0.1, 0.15) is 43.5 Å². The summed E-state index contributed by atoms with van der Waals surface area (Å²) in [6.45, 7) is 5.11. The van der Waals surface area contributed by atoms with E-state index in [1.54, 1.807) is 11.0 Å². The predicted molar refractivity (Wildman–Crippen MR) is 121 cm³/mol. The Labute approximate surface area is 191 Å². The van der Waals surface area contributed by atoms with E-state index in [4.69, 9.17) is 34.3 Å². The van der Waals surface area contributed by atoms with Gasteiger partial charge >= 0.3 is 0 Å². The van der Waals surface area contributed by atoms with Gasteiger partial charge < -0.3 is 26.7 Å². The van der Waals surface area contributed by atoms with Crippen molar-refractivity contribution in [2.75, 3.05) is 13.1 Å². The Bertz CT molecular complexity index is 873. The maximum Gasteiger partial charge on any atom is 0.269 e.